The Morgan fingerprint density at radius 3 is 2.82 bits per heavy atom. The van der Waals surface area contributed by atoms with Crippen molar-refractivity contribution in [3.63, 3.8) is 0 Å². The molecule has 5 heteroatoms. The second kappa shape index (κ2) is 5.33. The molecule has 3 N–H and O–H groups in total. The van der Waals surface area contributed by atoms with Gasteiger partial charge in [0, 0.05) is 10.4 Å². The number of nitrogens with two attached hydrogens (primary N) is 1. The first-order valence-electron chi connectivity index (χ1n) is 4.96. The Balaban J connectivity index is 2.09. The fraction of sp³-hybridized carbons (Fsp3) is 0.0833. The first-order chi connectivity index (χ1) is 8.16. The summed E-state index contributed by atoms with van der Waals surface area (Å²) in [4.78, 5) is 1.17. The number of hydrogen-bond acceptors (Lipinski definition) is 3. The lowest BCUT2D eigenvalue weighted by molar-refractivity contribution is 0.308. The molecule has 2 rings (SSSR count). The molecule has 0 aliphatic carbocycles. The Morgan fingerprint density at radius 2 is 2.24 bits per heavy atom. The molecule has 1 aromatic carbocycles. The molecule has 0 bridgehead atoms. The normalized spacial score (nSPS) is 10.2. The first kappa shape index (κ1) is 12.1. The van der Waals surface area contributed by atoms with Crippen LogP contribution in [0.3, 0.4) is 0 Å². The van der Waals surface area contributed by atoms with Crippen molar-refractivity contribution in [2.75, 3.05) is 0 Å². The van der Waals surface area contributed by atoms with E-state index < -0.39 is 0 Å². The van der Waals surface area contributed by atoms with Crippen LogP contribution in [0, 0.1) is 5.41 Å². The average Bonchev–Trinajstić information content (AvgIpc) is 2.80. The molecule has 0 atom stereocenters. The van der Waals surface area contributed by atoms with Gasteiger partial charge in [-0.1, -0.05) is 6.07 Å². The molecule has 0 spiro atoms. The van der Waals surface area contributed by atoms with E-state index in [9.17, 15) is 0 Å². The second-order valence-corrected chi connectivity index (χ2v) is 5.31. The maximum Gasteiger partial charge on any atom is 0.134 e. The standard InChI is InChI=1S/C12H11BrN2OS/c13-10-6-8(12(14)15)3-4-11(10)16-7-9-2-1-5-17-9/h1-6H,7H2,(H3,14,15). The molecular weight excluding hydrogens is 300 g/mol. The number of rotatable bonds is 4. The number of halogens is 1. The van der Waals surface area contributed by atoms with Crippen molar-refractivity contribution in [2.24, 2.45) is 5.73 Å². The Kier molecular flexibility index (Phi) is 3.81. The monoisotopic (exact) mass is 310 g/mol. The minimum Gasteiger partial charge on any atom is -0.487 e. The topological polar surface area (TPSA) is 59.1 Å². The largest absolute Gasteiger partial charge is 0.487 e. The molecule has 0 unspecified atom stereocenters. The van der Waals surface area contributed by atoms with Gasteiger partial charge in [-0.25, -0.2) is 0 Å². The van der Waals surface area contributed by atoms with Crippen LogP contribution in [0.1, 0.15) is 10.4 Å². The predicted molar refractivity (Wildman–Crippen MR) is 73.8 cm³/mol. The van der Waals surface area contributed by atoms with Gasteiger partial charge in [0.25, 0.3) is 0 Å². The average molecular weight is 311 g/mol. The molecular formula is C12H11BrN2OS. The summed E-state index contributed by atoms with van der Waals surface area (Å²) in [7, 11) is 0. The minimum atomic E-state index is 0.0514. The van der Waals surface area contributed by atoms with Crippen molar-refractivity contribution in [3.8, 4) is 5.75 Å². The number of thiophene rings is 1. The van der Waals surface area contributed by atoms with E-state index in [0.717, 1.165) is 10.2 Å². The summed E-state index contributed by atoms with van der Waals surface area (Å²) in [6, 6.07) is 9.40. The molecule has 0 aliphatic heterocycles. The lowest BCUT2D eigenvalue weighted by Crippen LogP contribution is -2.10. The van der Waals surface area contributed by atoms with Crippen LogP contribution in [0.15, 0.2) is 40.2 Å². The zero-order valence-electron chi connectivity index (χ0n) is 8.94. The van der Waals surface area contributed by atoms with Crippen molar-refractivity contribution < 1.29 is 4.74 Å². The number of amidine groups is 1. The maximum absolute atomic E-state index is 7.34. The molecule has 1 heterocycles. The number of hydrogen-bond donors (Lipinski definition) is 2. The van der Waals surface area contributed by atoms with E-state index in [-0.39, 0.29) is 5.84 Å². The minimum absolute atomic E-state index is 0.0514. The molecule has 17 heavy (non-hydrogen) atoms. The van der Waals surface area contributed by atoms with Crippen LogP contribution in [-0.4, -0.2) is 5.84 Å². The zero-order chi connectivity index (χ0) is 12.3. The van der Waals surface area contributed by atoms with Gasteiger partial charge in [0.05, 0.1) is 4.47 Å². The molecule has 0 amide bonds. The van der Waals surface area contributed by atoms with Gasteiger partial charge in [-0.3, -0.25) is 5.41 Å². The summed E-state index contributed by atoms with van der Waals surface area (Å²) in [5, 5.41) is 9.36. The van der Waals surface area contributed by atoms with Gasteiger partial charge in [-0.2, -0.15) is 0 Å². The van der Waals surface area contributed by atoms with Crippen molar-refractivity contribution in [1.29, 1.82) is 5.41 Å². The van der Waals surface area contributed by atoms with Gasteiger partial charge in [0.15, 0.2) is 0 Å². The lowest BCUT2D eigenvalue weighted by Gasteiger charge is -2.08. The van der Waals surface area contributed by atoms with Crippen LogP contribution in [0.4, 0.5) is 0 Å². The van der Waals surface area contributed by atoms with E-state index in [1.165, 1.54) is 4.88 Å². The Bertz CT molecular complexity index is 525. The third-order valence-corrected chi connectivity index (χ3v) is 3.66. The second-order valence-electron chi connectivity index (χ2n) is 3.43. The molecule has 88 valence electrons. The van der Waals surface area contributed by atoms with Crippen molar-refractivity contribution in [2.45, 2.75) is 6.61 Å². The third kappa shape index (κ3) is 3.08. The Labute approximate surface area is 112 Å². The van der Waals surface area contributed by atoms with Gasteiger partial charge < -0.3 is 10.5 Å². The number of nitrogen functional groups attached to an aromatic ring is 1. The van der Waals surface area contributed by atoms with Gasteiger partial charge in [-0.05, 0) is 45.6 Å². The van der Waals surface area contributed by atoms with Crippen LogP contribution in [0.25, 0.3) is 0 Å². The van der Waals surface area contributed by atoms with E-state index >= 15 is 0 Å². The summed E-state index contributed by atoms with van der Waals surface area (Å²) in [5.74, 6) is 0.805. The molecule has 1 aromatic heterocycles. The van der Waals surface area contributed by atoms with E-state index in [0.29, 0.717) is 12.2 Å². The summed E-state index contributed by atoms with van der Waals surface area (Å²) in [5.41, 5.74) is 6.09. The summed E-state index contributed by atoms with van der Waals surface area (Å²) < 4.78 is 6.48. The summed E-state index contributed by atoms with van der Waals surface area (Å²) in [6.07, 6.45) is 0. The SMILES string of the molecule is N=C(N)c1ccc(OCc2cccs2)c(Br)c1. The summed E-state index contributed by atoms with van der Waals surface area (Å²) >= 11 is 5.07. The number of benzene rings is 1. The Hall–Kier alpha value is -1.33. The van der Waals surface area contributed by atoms with Crippen LogP contribution >= 0.6 is 27.3 Å². The van der Waals surface area contributed by atoms with Crippen LogP contribution < -0.4 is 10.5 Å². The predicted octanol–water partition coefficient (Wildman–Crippen LogP) is 3.37. The van der Waals surface area contributed by atoms with Crippen LogP contribution in [0.2, 0.25) is 0 Å². The molecule has 0 saturated carbocycles. The highest BCUT2D eigenvalue weighted by atomic mass is 79.9. The fourth-order valence-electron chi connectivity index (χ4n) is 1.33. The molecule has 3 nitrogen and oxygen atoms in total. The fourth-order valence-corrected chi connectivity index (χ4v) is 2.44. The molecule has 2 aromatic rings. The van der Waals surface area contributed by atoms with E-state index in [4.69, 9.17) is 15.9 Å². The number of nitrogens with one attached hydrogen (secondary N) is 1. The quantitative estimate of drug-likeness (QED) is 0.672. The smallest absolute Gasteiger partial charge is 0.134 e. The van der Waals surface area contributed by atoms with Crippen LogP contribution in [-0.2, 0) is 6.61 Å². The van der Waals surface area contributed by atoms with Gasteiger partial charge in [0.1, 0.15) is 18.2 Å². The molecule has 0 saturated heterocycles. The van der Waals surface area contributed by atoms with Crippen molar-refractivity contribution in [1.82, 2.24) is 0 Å². The van der Waals surface area contributed by atoms with Crippen LogP contribution in [0.5, 0.6) is 5.75 Å². The Morgan fingerprint density at radius 1 is 1.41 bits per heavy atom. The molecule has 0 radical (unpaired) electrons. The lowest BCUT2D eigenvalue weighted by atomic mass is 10.2. The van der Waals surface area contributed by atoms with Gasteiger partial charge >= 0.3 is 0 Å². The molecule has 0 aliphatic rings. The number of ether oxygens (including phenoxy) is 1. The highest BCUT2D eigenvalue weighted by molar-refractivity contribution is 9.10. The van der Waals surface area contributed by atoms with Crippen molar-refractivity contribution >= 4 is 33.1 Å². The van der Waals surface area contributed by atoms with Gasteiger partial charge in [0.2, 0.25) is 0 Å². The highest BCUT2D eigenvalue weighted by Gasteiger charge is 2.05. The third-order valence-electron chi connectivity index (χ3n) is 2.19. The van der Waals surface area contributed by atoms with E-state index in [2.05, 4.69) is 15.9 Å². The molecule has 0 fully saturated rings. The first-order valence-corrected chi connectivity index (χ1v) is 6.63. The zero-order valence-corrected chi connectivity index (χ0v) is 11.3. The van der Waals surface area contributed by atoms with E-state index in [1.54, 1.807) is 23.5 Å². The van der Waals surface area contributed by atoms with Gasteiger partial charge in [-0.15, -0.1) is 11.3 Å². The van der Waals surface area contributed by atoms with E-state index in [1.807, 2.05) is 23.6 Å². The maximum atomic E-state index is 7.34. The summed E-state index contributed by atoms with van der Waals surface area (Å²) in [6.45, 7) is 0.551. The highest BCUT2D eigenvalue weighted by Crippen LogP contribution is 2.27. The van der Waals surface area contributed by atoms with Crippen molar-refractivity contribution in [3.05, 3.63) is 50.6 Å².